The summed E-state index contributed by atoms with van der Waals surface area (Å²) >= 11 is 0. The molecule has 3 aromatic rings. The van der Waals surface area contributed by atoms with Crippen molar-refractivity contribution in [3.05, 3.63) is 53.7 Å². The van der Waals surface area contributed by atoms with Gasteiger partial charge in [0.05, 0.1) is 0 Å². The molecule has 0 aliphatic carbocycles. The van der Waals surface area contributed by atoms with E-state index in [0.717, 1.165) is 22.4 Å². The fourth-order valence-electron chi connectivity index (χ4n) is 1.94. The summed E-state index contributed by atoms with van der Waals surface area (Å²) in [5, 5.41) is 3.99. The fourth-order valence-corrected chi connectivity index (χ4v) is 1.94. The van der Waals surface area contributed by atoms with Crippen LogP contribution in [0.1, 0.15) is 11.1 Å². The molecule has 0 spiro atoms. The molecule has 0 unspecified atom stereocenters. The van der Waals surface area contributed by atoms with Gasteiger partial charge in [-0.25, -0.2) is 0 Å². The third kappa shape index (κ3) is 2.31. The van der Waals surface area contributed by atoms with Gasteiger partial charge in [0.25, 0.3) is 5.89 Å². The zero-order valence-corrected chi connectivity index (χ0v) is 11.1. The van der Waals surface area contributed by atoms with Gasteiger partial charge in [-0.1, -0.05) is 23.4 Å². The maximum Gasteiger partial charge on any atom is 0.258 e. The Bertz CT molecular complexity index is 719. The van der Waals surface area contributed by atoms with Crippen LogP contribution in [-0.2, 0) is 6.54 Å². The van der Waals surface area contributed by atoms with Crippen LogP contribution in [0, 0.1) is 6.92 Å². The molecule has 2 N–H and O–H groups in total. The average molecular weight is 266 g/mol. The van der Waals surface area contributed by atoms with Crippen molar-refractivity contribution in [2.75, 3.05) is 0 Å². The number of hydrogen-bond acceptors (Lipinski definition) is 5. The summed E-state index contributed by atoms with van der Waals surface area (Å²) in [5.41, 5.74) is 9.26. The number of nitrogens with zero attached hydrogens (tertiary/aromatic N) is 3. The summed E-state index contributed by atoms with van der Waals surface area (Å²) in [5.74, 6) is 0.981. The first kappa shape index (κ1) is 12.5. The van der Waals surface area contributed by atoms with Crippen molar-refractivity contribution in [1.82, 2.24) is 15.1 Å². The van der Waals surface area contributed by atoms with Crippen molar-refractivity contribution in [2.24, 2.45) is 5.73 Å². The quantitative estimate of drug-likeness (QED) is 0.788. The van der Waals surface area contributed by atoms with Crippen LogP contribution in [0.25, 0.3) is 23.0 Å². The average Bonchev–Trinajstić information content (AvgIpc) is 2.97. The third-order valence-corrected chi connectivity index (χ3v) is 3.08. The molecule has 5 nitrogen and oxygen atoms in total. The Kier molecular flexibility index (Phi) is 3.26. The molecule has 0 saturated heterocycles. The molecule has 0 atom stereocenters. The molecule has 1 aromatic carbocycles. The highest BCUT2D eigenvalue weighted by Crippen LogP contribution is 2.22. The van der Waals surface area contributed by atoms with Gasteiger partial charge in [-0.15, -0.1) is 0 Å². The van der Waals surface area contributed by atoms with Crippen molar-refractivity contribution < 1.29 is 4.52 Å². The number of benzene rings is 1. The summed E-state index contributed by atoms with van der Waals surface area (Å²) in [6.45, 7) is 2.48. The van der Waals surface area contributed by atoms with E-state index >= 15 is 0 Å². The lowest BCUT2D eigenvalue weighted by Crippen LogP contribution is -1.95. The Balaban J connectivity index is 1.95. The van der Waals surface area contributed by atoms with Gasteiger partial charge < -0.3 is 10.3 Å². The Labute approximate surface area is 116 Å². The van der Waals surface area contributed by atoms with Gasteiger partial charge in [0.15, 0.2) is 0 Å². The normalized spacial score (nSPS) is 10.7. The molecule has 5 heteroatoms. The van der Waals surface area contributed by atoms with E-state index in [0.29, 0.717) is 18.3 Å². The SMILES string of the molecule is Cc1cccnc1-c1noc(-c2ccc(CN)cc2)n1. The number of nitrogens with two attached hydrogens (primary N) is 1. The van der Waals surface area contributed by atoms with Crippen LogP contribution in [0.5, 0.6) is 0 Å². The largest absolute Gasteiger partial charge is 0.334 e. The second kappa shape index (κ2) is 5.22. The Morgan fingerprint density at radius 3 is 2.65 bits per heavy atom. The van der Waals surface area contributed by atoms with Crippen LogP contribution in [-0.4, -0.2) is 15.1 Å². The molecule has 0 amide bonds. The van der Waals surface area contributed by atoms with Crippen molar-refractivity contribution in [3.8, 4) is 23.0 Å². The fraction of sp³-hybridized carbons (Fsp3) is 0.133. The van der Waals surface area contributed by atoms with Gasteiger partial charge in [-0.2, -0.15) is 4.98 Å². The lowest BCUT2D eigenvalue weighted by atomic mass is 10.1. The molecule has 0 aliphatic heterocycles. The van der Waals surface area contributed by atoms with Gasteiger partial charge in [-0.05, 0) is 36.2 Å². The molecule has 0 bridgehead atoms. The monoisotopic (exact) mass is 266 g/mol. The molecule has 0 saturated carbocycles. The smallest absolute Gasteiger partial charge is 0.258 e. The van der Waals surface area contributed by atoms with Crippen LogP contribution in [0.3, 0.4) is 0 Å². The molecule has 0 radical (unpaired) electrons. The number of pyridine rings is 1. The summed E-state index contributed by atoms with van der Waals surface area (Å²) in [4.78, 5) is 8.68. The topological polar surface area (TPSA) is 77.8 Å². The van der Waals surface area contributed by atoms with Crippen molar-refractivity contribution >= 4 is 0 Å². The van der Waals surface area contributed by atoms with Crippen LogP contribution in [0.15, 0.2) is 47.1 Å². The van der Waals surface area contributed by atoms with Crippen LogP contribution >= 0.6 is 0 Å². The highest BCUT2D eigenvalue weighted by molar-refractivity contribution is 5.59. The van der Waals surface area contributed by atoms with E-state index in [1.807, 2.05) is 43.3 Å². The van der Waals surface area contributed by atoms with Gasteiger partial charge in [0, 0.05) is 18.3 Å². The van der Waals surface area contributed by atoms with Gasteiger partial charge >= 0.3 is 0 Å². The Hall–Kier alpha value is -2.53. The summed E-state index contributed by atoms with van der Waals surface area (Å²) in [6, 6.07) is 11.6. The molecular formula is C15H14N4O. The first-order chi connectivity index (χ1) is 9.78. The molecule has 100 valence electrons. The first-order valence-electron chi connectivity index (χ1n) is 6.33. The molecule has 2 heterocycles. The number of aromatic nitrogens is 3. The van der Waals surface area contributed by atoms with E-state index in [-0.39, 0.29) is 0 Å². The zero-order chi connectivity index (χ0) is 13.9. The van der Waals surface area contributed by atoms with E-state index in [9.17, 15) is 0 Å². The number of aryl methyl sites for hydroxylation is 1. The van der Waals surface area contributed by atoms with Gasteiger partial charge in [0.1, 0.15) is 5.69 Å². The van der Waals surface area contributed by atoms with E-state index in [1.54, 1.807) is 6.20 Å². The third-order valence-electron chi connectivity index (χ3n) is 3.08. The molecule has 20 heavy (non-hydrogen) atoms. The maximum absolute atomic E-state index is 5.58. The van der Waals surface area contributed by atoms with E-state index < -0.39 is 0 Å². The predicted octanol–water partition coefficient (Wildman–Crippen LogP) is 2.57. The molecular weight excluding hydrogens is 252 g/mol. The minimum absolute atomic E-state index is 0.480. The highest BCUT2D eigenvalue weighted by atomic mass is 16.5. The lowest BCUT2D eigenvalue weighted by Gasteiger charge is -1.98. The standard InChI is InChI=1S/C15H14N4O/c1-10-3-2-8-17-13(10)14-18-15(20-19-14)12-6-4-11(9-16)5-7-12/h2-8H,9,16H2,1H3. The minimum atomic E-state index is 0.480. The molecule has 2 aromatic heterocycles. The molecule has 0 fully saturated rings. The molecule has 3 rings (SSSR count). The maximum atomic E-state index is 5.58. The van der Waals surface area contributed by atoms with E-state index in [4.69, 9.17) is 10.3 Å². The lowest BCUT2D eigenvalue weighted by molar-refractivity contribution is 0.432. The zero-order valence-electron chi connectivity index (χ0n) is 11.1. The Morgan fingerprint density at radius 1 is 1.15 bits per heavy atom. The molecule has 0 aliphatic rings. The summed E-state index contributed by atoms with van der Waals surface area (Å²) < 4.78 is 5.30. The van der Waals surface area contributed by atoms with Gasteiger partial charge in [0.2, 0.25) is 5.82 Å². The second-order valence-electron chi connectivity index (χ2n) is 4.49. The highest BCUT2D eigenvalue weighted by Gasteiger charge is 2.13. The minimum Gasteiger partial charge on any atom is -0.334 e. The Morgan fingerprint density at radius 2 is 1.95 bits per heavy atom. The first-order valence-corrected chi connectivity index (χ1v) is 6.33. The van der Waals surface area contributed by atoms with E-state index in [1.165, 1.54) is 0 Å². The number of rotatable bonds is 3. The second-order valence-corrected chi connectivity index (χ2v) is 4.49. The van der Waals surface area contributed by atoms with Crippen molar-refractivity contribution in [1.29, 1.82) is 0 Å². The summed E-state index contributed by atoms with van der Waals surface area (Å²) in [7, 11) is 0. The van der Waals surface area contributed by atoms with E-state index in [2.05, 4.69) is 15.1 Å². The number of hydrogen-bond donors (Lipinski definition) is 1. The van der Waals surface area contributed by atoms with Crippen LogP contribution in [0.4, 0.5) is 0 Å². The van der Waals surface area contributed by atoms with Crippen molar-refractivity contribution in [2.45, 2.75) is 13.5 Å². The summed E-state index contributed by atoms with van der Waals surface area (Å²) in [6.07, 6.45) is 1.72. The van der Waals surface area contributed by atoms with Crippen LogP contribution < -0.4 is 5.73 Å². The van der Waals surface area contributed by atoms with Crippen LogP contribution in [0.2, 0.25) is 0 Å². The van der Waals surface area contributed by atoms with Gasteiger partial charge in [-0.3, -0.25) is 4.98 Å². The predicted molar refractivity (Wildman–Crippen MR) is 75.6 cm³/mol. The van der Waals surface area contributed by atoms with Crippen molar-refractivity contribution in [3.63, 3.8) is 0 Å².